The molecule has 0 bridgehead atoms. The molecule has 0 radical (unpaired) electrons. The highest BCUT2D eigenvalue weighted by molar-refractivity contribution is 8.01. The summed E-state index contributed by atoms with van der Waals surface area (Å²) in [4.78, 5) is 16.6. The number of nitrogens with zero attached hydrogens (tertiary/aromatic N) is 3. The molecule has 3 aliphatic carbocycles. The summed E-state index contributed by atoms with van der Waals surface area (Å²) in [5.41, 5.74) is 20.9. The van der Waals surface area contributed by atoms with Gasteiger partial charge in [-0.2, -0.15) is 0 Å². The van der Waals surface area contributed by atoms with Gasteiger partial charge in [-0.15, -0.1) is 11.8 Å². The van der Waals surface area contributed by atoms with Crippen molar-refractivity contribution in [3.8, 4) is 67.3 Å². The van der Waals surface area contributed by atoms with Gasteiger partial charge >= 0.3 is 0 Å². The van der Waals surface area contributed by atoms with Gasteiger partial charge in [-0.25, -0.2) is 15.0 Å². The Hall–Kier alpha value is -7.40. The third-order valence-electron chi connectivity index (χ3n) is 13.7. The van der Waals surface area contributed by atoms with Crippen LogP contribution < -0.4 is 0 Å². The van der Waals surface area contributed by atoms with E-state index < -0.39 is 0 Å². The lowest BCUT2D eigenvalue weighted by Crippen LogP contribution is -2.25. The zero-order chi connectivity index (χ0) is 41.7. The number of hydrogen-bond acceptors (Lipinski definition) is 4. The van der Waals surface area contributed by atoms with Crippen LogP contribution in [0, 0.1) is 0 Å². The van der Waals surface area contributed by atoms with Crippen LogP contribution in [0.4, 0.5) is 0 Å². The number of rotatable bonds is 5. The SMILES string of the molecule is CC12CC(c3nc(-c4ccccc4)nc(-c4ccc(-c5ccc(-c6cccc7c6-c6ccccc6C76c7ccccc7-c7ccccc76)cc5)cc4)n3)=CC=C1c1ccccc1S2. The molecule has 8 aromatic carbocycles. The molecule has 296 valence electrons. The maximum Gasteiger partial charge on any atom is 0.164 e. The van der Waals surface area contributed by atoms with Crippen LogP contribution in [0.2, 0.25) is 0 Å². The van der Waals surface area contributed by atoms with Crippen molar-refractivity contribution >= 4 is 22.9 Å². The second-order valence-corrected chi connectivity index (χ2v) is 18.8. The first kappa shape index (κ1) is 36.3. The lowest BCUT2D eigenvalue weighted by Gasteiger charge is -2.30. The van der Waals surface area contributed by atoms with Gasteiger partial charge in [-0.05, 0) is 103 Å². The van der Waals surface area contributed by atoms with E-state index in [1.54, 1.807) is 0 Å². The summed E-state index contributed by atoms with van der Waals surface area (Å²) in [6.45, 7) is 2.34. The number of fused-ring (bicyclic) bond motifs is 13. The van der Waals surface area contributed by atoms with Gasteiger partial charge in [0, 0.05) is 20.8 Å². The van der Waals surface area contributed by atoms with E-state index in [0.29, 0.717) is 11.6 Å². The minimum Gasteiger partial charge on any atom is -0.209 e. The molecule has 0 saturated carbocycles. The zero-order valence-electron chi connectivity index (χ0n) is 34.6. The molecule has 4 heteroatoms. The van der Waals surface area contributed by atoms with E-state index in [0.717, 1.165) is 40.1 Å². The fraction of sp³-hybridized carbons (Fsp3) is 0.0678. The molecule has 63 heavy (non-hydrogen) atoms. The van der Waals surface area contributed by atoms with E-state index in [1.807, 2.05) is 30.0 Å². The van der Waals surface area contributed by atoms with Crippen molar-refractivity contribution in [3.05, 3.63) is 240 Å². The number of hydrogen-bond donors (Lipinski definition) is 0. The Morgan fingerprint density at radius 3 is 1.52 bits per heavy atom. The Kier molecular flexibility index (Phi) is 7.95. The zero-order valence-corrected chi connectivity index (χ0v) is 35.4. The first-order chi connectivity index (χ1) is 31.1. The van der Waals surface area contributed by atoms with Crippen molar-refractivity contribution in [3.63, 3.8) is 0 Å². The van der Waals surface area contributed by atoms with Crippen LogP contribution >= 0.6 is 11.8 Å². The van der Waals surface area contributed by atoms with E-state index in [1.165, 1.54) is 71.7 Å². The number of aromatic nitrogens is 3. The van der Waals surface area contributed by atoms with Gasteiger partial charge < -0.3 is 0 Å². The van der Waals surface area contributed by atoms with E-state index in [9.17, 15) is 0 Å². The first-order valence-corrected chi connectivity index (χ1v) is 22.5. The first-order valence-electron chi connectivity index (χ1n) is 21.7. The molecule has 0 fully saturated rings. The van der Waals surface area contributed by atoms with Crippen LogP contribution in [-0.2, 0) is 5.41 Å². The number of thioether (sulfide) groups is 1. The van der Waals surface area contributed by atoms with Gasteiger partial charge in [0.2, 0.25) is 0 Å². The topological polar surface area (TPSA) is 38.7 Å². The summed E-state index contributed by atoms with van der Waals surface area (Å²) in [5, 5.41) is 0. The van der Waals surface area contributed by atoms with E-state index in [-0.39, 0.29) is 10.2 Å². The minimum atomic E-state index is -0.355. The predicted molar refractivity (Wildman–Crippen MR) is 259 cm³/mol. The highest BCUT2D eigenvalue weighted by Crippen LogP contribution is 2.64. The number of benzene rings is 8. The van der Waals surface area contributed by atoms with E-state index in [4.69, 9.17) is 15.0 Å². The summed E-state index contributed by atoms with van der Waals surface area (Å²) in [6, 6.07) is 70.7. The molecule has 3 nitrogen and oxygen atoms in total. The molecule has 4 aliphatic rings. The quantitative estimate of drug-likeness (QED) is 0.173. The van der Waals surface area contributed by atoms with Gasteiger partial charge in [0.25, 0.3) is 0 Å². The van der Waals surface area contributed by atoms with E-state index in [2.05, 4.69) is 195 Å². The van der Waals surface area contributed by atoms with Gasteiger partial charge in [0.1, 0.15) is 0 Å². The molecule has 1 aliphatic heterocycles. The van der Waals surface area contributed by atoms with Crippen LogP contribution in [-0.4, -0.2) is 19.7 Å². The van der Waals surface area contributed by atoms with Crippen molar-refractivity contribution in [2.24, 2.45) is 0 Å². The lowest BCUT2D eigenvalue weighted by atomic mass is 9.70. The fourth-order valence-electron chi connectivity index (χ4n) is 10.9. The molecule has 1 spiro atoms. The standard InChI is InChI=1S/C59H39N3S/c1-58-36-42(34-35-48(58)46-18-8-12-25-53(46)63-58)57-61-55(40-14-3-2-4-15-40)60-56(62-57)41-32-28-38(29-33-41)37-26-30-39(31-27-37)43-20-13-24-52-54(43)47-19-7-11-23-51(47)59(52)49-21-9-5-16-44(49)45-17-6-10-22-50(45)59/h2-35H,36H2,1H3. The highest BCUT2D eigenvalue weighted by Gasteiger charge is 2.52. The molecule has 9 aromatic rings. The second kappa shape index (κ2) is 13.8. The summed E-state index contributed by atoms with van der Waals surface area (Å²) in [7, 11) is 0. The Morgan fingerprint density at radius 2 is 0.857 bits per heavy atom. The number of allylic oxidation sites excluding steroid dienone is 3. The van der Waals surface area contributed by atoms with Crippen molar-refractivity contribution in [1.82, 2.24) is 15.0 Å². The average molecular weight is 822 g/mol. The van der Waals surface area contributed by atoms with Crippen molar-refractivity contribution in [2.75, 3.05) is 0 Å². The summed E-state index contributed by atoms with van der Waals surface area (Å²) in [5.74, 6) is 2.09. The van der Waals surface area contributed by atoms with Crippen LogP contribution in [0.25, 0.3) is 78.4 Å². The molecule has 0 saturated heterocycles. The Morgan fingerprint density at radius 1 is 0.381 bits per heavy atom. The normalized spacial score (nSPS) is 16.9. The summed E-state index contributed by atoms with van der Waals surface area (Å²) >= 11 is 1.94. The van der Waals surface area contributed by atoms with Crippen molar-refractivity contribution < 1.29 is 0 Å². The smallest absolute Gasteiger partial charge is 0.164 e. The van der Waals surface area contributed by atoms with Crippen molar-refractivity contribution in [1.29, 1.82) is 0 Å². The Bertz CT molecular complexity index is 3360. The third kappa shape index (κ3) is 5.38. The molecular weight excluding hydrogens is 783 g/mol. The Labute approximate surface area is 371 Å². The molecule has 0 N–H and O–H groups in total. The monoisotopic (exact) mass is 821 g/mol. The van der Waals surface area contributed by atoms with Crippen LogP contribution in [0.5, 0.6) is 0 Å². The van der Waals surface area contributed by atoms with Gasteiger partial charge in [0.05, 0.1) is 5.41 Å². The highest BCUT2D eigenvalue weighted by atomic mass is 32.2. The average Bonchev–Trinajstić information content (AvgIpc) is 3.95. The van der Waals surface area contributed by atoms with E-state index >= 15 is 0 Å². The van der Waals surface area contributed by atoms with Gasteiger partial charge in [-0.1, -0.05) is 200 Å². The van der Waals surface area contributed by atoms with Crippen LogP contribution in [0.15, 0.2) is 211 Å². The molecule has 1 aromatic heterocycles. The molecule has 13 rings (SSSR count). The largest absolute Gasteiger partial charge is 0.209 e. The summed E-state index contributed by atoms with van der Waals surface area (Å²) < 4.78 is -0.0771. The van der Waals surface area contributed by atoms with Crippen molar-refractivity contribution in [2.45, 2.75) is 28.4 Å². The van der Waals surface area contributed by atoms with Gasteiger partial charge in [0.15, 0.2) is 17.5 Å². The molecule has 1 unspecified atom stereocenters. The van der Waals surface area contributed by atoms with Gasteiger partial charge in [-0.3, -0.25) is 0 Å². The maximum absolute atomic E-state index is 5.16. The lowest BCUT2D eigenvalue weighted by molar-refractivity contribution is 0.794. The van der Waals surface area contributed by atoms with Crippen LogP contribution in [0.3, 0.4) is 0 Å². The molecular formula is C59H39N3S. The fourth-order valence-corrected chi connectivity index (χ4v) is 12.4. The molecule has 0 amide bonds. The third-order valence-corrected chi connectivity index (χ3v) is 15.1. The second-order valence-electron chi connectivity index (χ2n) is 17.2. The predicted octanol–water partition coefficient (Wildman–Crippen LogP) is 14.6. The molecule has 2 heterocycles. The maximum atomic E-state index is 5.16. The Balaban J connectivity index is 0.850. The molecule has 1 atom stereocenters. The summed E-state index contributed by atoms with van der Waals surface area (Å²) in [6.07, 6.45) is 5.33. The minimum absolute atomic E-state index is 0.0771. The van der Waals surface area contributed by atoms with Crippen LogP contribution in [0.1, 0.15) is 47.0 Å².